The van der Waals surface area contributed by atoms with E-state index < -0.39 is 5.97 Å². The molecule has 9 heteroatoms. The van der Waals surface area contributed by atoms with Gasteiger partial charge in [-0.2, -0.15) is 0 Å². The highest BCUT2D eigenvalue weighted by molar-refractivity contribution is 6.30. The quantitative estimate of drug-likeness (QED) is 0.168. The maximum Gasteiger partial charge on any atom is 0.305 e. The zero-order chi connectivity index (χ0) is 31.5. The maximum absolute atomic E-state index is 14.0. The maximum atomic E-state index is 14.0. The van der Waals surface area contributed by atoms with E-state index in [2.05, 4.69) is 5.32 Å². The molecule has 0 saturated carbocycles. The van der Waals surface area contributed by atoms with Crippen LogP contribution < -0.4 is 14.8 Å². The molecule has 0 spiro atoms. The minimum atomic E-state index is -0.999. The van der Waals surface area contributed by atoms with Gasteiger partial charge in [-0.3, -0.25) is 14.4 Å². The average molecular weight is 615 g/mol. The van der Waals surface area contributed by atoms with E-state index in [9.17, 15) is 19.5 Å². The Morgan fingerprint density at radius 2 is 1.45 bits per heavy atom. The number of rotatable bonds is 14. The predicted octanol–water partition coefficient (Wildman–Crippen LogP) is 6.50. The summed E-state index contributed by atoms with van der Waals surface area (Å²) in [5.74, 6) is -0.394. The van der Waals surface area contributed by atoms with Crippen molar-refractivity contribution in [1.29, 1.82) is 0 Å². The molecule has 0 heterocycles. The van der Waals surface area contributed by atoms with Crippen molar-refractivity contribution in [3.8, 4) is 22.6 Å². The van der Waals surface area contributed by atoms with Crippen LogP contribution in [-0.2, 0) is 17.8 Å². The number of methoxy groups -OCH3 is 1. The fourth-order valence-corrected chi connectivity index (χ4v) is 4.95. The van der Waals surface area contributed by atoms with E-state index in [0.29, 0.717) is 58.3 Å². The molecule has 2 amide bonds. The number of halogens is 1. The summed E-state index contributed by atoms with van der Waals surface area (Å²) >= 11 is 5.98. The molecule has 0 fully saturated rings. The Hall–Kier alpha value is -4.82. The highest BCUT2D eigenvalue weighted by Crippen LogP contribution is 2.30. The molecule has 228 valence electrons. The predicted molar refractivity (Wildman–Crippen MR) is 171 cm³/mol. The number of carbonyl (C=O) groups excluding carboxylic acids is 2. The minimum absolute atomic E-state index is 0.0277. The van der Waals surface area contributed by atoms with Crippen LogP contribution in [0.1, 0.15) is 45.2 Å². The van der Waals surface area contributed by atoms with Crippen molar-refractivity contribution in [3.63, 3.8) is 0 Å². The van der Waals surface area contributed by atoms with Crippen LogP contribution in [0.3, 0.4) is 0 Å². The molecule has 0 bridgehead atoms. The number of amides is 2. The van der Waals surface area contributed by atoms with Gasteiger partial charge in [0, 0.05) is 35.8 Å². The summed E-state index contributed by atoms with van der Waals surface area (Å²) in [6.45, 7) is 3.01. The van der Waals surface area contributed by atoms with Crippen LogP contribution in [0.2, 0.25) is 5.02 Å². The summed E-state index contributed by atoms with van der Waals surface area (Å²) in [6.07, 6.45) is 0.268. The van der Waals surface area contributed by atoms with E-state index >= 15 is 0 Å². The average Bonchev–Trinajstić information content (AvgIpc) is 3.04. The van der Waals surface area contributed by atoms with Crippen LogP contribution in [0.4, 0.5) is 0 Å². The number of carboxylic acids is 1. The molecule has 0 aliphatic carbocycles. The van der Waals surface area contributed by atoms with Gasteiger partial charge in [0.15, 0.2) is 11.5 Å². The summed E-state index contributed by atoms with van der Waals surface area (Å²) in [7, 11) is 1.57. The number of benzene rings is 4. The number of nitrogens with one attached hydrogen (secondary N) is 1. The van der Waals surface area contributed by atoms with Gasteiger partial charge in [-0.1, -0.05) is 66.2 Å². The first-order valence-corrected chi connectivity index (χ1v) is 14.7. The number of hydrogen-bond acceptors (Lipinski definition) is 5. The van der Waals surface area contributed by atoms with Gasteiger partial charge >= 0.3 is 5.97 Å². The molecule has 4 rings (SSSR count). The molecule has 8 nitrogen and oxygen atoms in total. The lowest BCUT2D eigenvalue weighted by Gasteiger charge is -2.24. The third kappa shape index (κ3) is 8.39. The summed E-state index contributed by atoms with van der Waals surface area (Å²) < 4.78 is 11.1. The summed E-state index contributed by atoms with van der Waals surface area (Å²) in [6, 6.07) is 27.0. The van der Waals surface area contributed by atoms with E-state index in [4.69, 9.17) is 21.1 Å². The first kappa shape index (κ1) is 32.1. The molecule has 4 aromatic rings. The number of nitrogens with zero attached hydrogens (tertiary/aromatic N) is 1. The molecule has 0 aromatic heterocycles. The number of hydrogen-bond donors (Lipinski definition) is 2. The number of aliphatic carboxylic acids is 1. The fraction of sp³-hybridized carbons (Fsp3) is 0.229. The van der Waals surface area contributed by atoms with Gasteiger partial charge < -0.3 is 24.8 Å². The fourth-order valence-electron chi connectivity index (χ4n) is 4.82. The zero-order valence-electron chi connectivity index (χ0n) is 24.7. The summed E-state index contributed by atoms with van der Waals surface area (Å²) in [5, 5.41) is 13.0. The molecule has 0 saturated heterocycles. The van der Waals surface area contributed by atoms with Crippen LogP contribution in [0.25, 0.3) is 11.1 Å². The normalized spacial score (nSPS) is 10.6. The van der Waals surface area contributed by atoms with Crippen LogP contribution >= 0.6 is 11.6 Å². The lowest BCUT2D eigenvalue weighted by molar-refractivity contribution is -0.137. The van der Waals surface area contributed by atoms with E-state index in [1.165, 1.54) is 0 Å². The Morgan fingerprint density at radius 1 is 0.818 bits per heavy atom. The zero-order valence-corrected chi connectivity index (χ0v) is 25.5. The monoisotopic (exact) mass is 614 g/mol. The van der Waals surface area contributed by atoms with Crippen LogP contribution in [0.15, 0.2) is 91.0 Å². The van der Waals surface area contributed by atoms with Gasteiger partial charge in [0.05, 0.1) is 20.1 Å². The van der Waals surface area contributed by atoms with E-state index in [1.54, 1.807) is 60.5 Å². The summed E-state index contributed by atoms with van der Waals surface area (Å²) in [5.41, 5.74) is 3.78. The van der Waals surface area contributed by atoms with E-state index in [1.807, 2.05) is 49.4 Å². The van der Waals surface area contributed by atoms with Gasteiger partial charge in [-0.25, -0.2) is 0 Å². The lowest BCUT2D eigenvalue weighted by Crippen LogP contribution is -2.35. The van der Waals surface area contributed by atoms with Crippen LogP contribution in [0.5, 0.6) is 11.5 Å². The molecular formula is C35H35ClN2O6. The second kappa shape index (κ2) is 15.6. The third-order valence-corrected chi connectivity index (χ3v) is 7.32. The molecule has 4 aromatic carbocycles. The molecule has 2 N–H and O–H groups in total. The van der Waals surface area contributed by atoms with Crippen molar-refractivity contribution in [2.75, 3.05) is 26.8 Å². The third-order valence-electron chi connectivity index (χ3n) is 7.07. The first-order valence-electron chi connectivity index (χ1n) is 14.3. The molecular weight excluding hydrogens is 580 g/mol. The molecule has 0 aliphatic heterocycles. The van der Waals surface area contributed by atoms with Crippen molar-refractivity contribution in [1.82, 2.24) is 10.2 Å². The number of carbonyl (C=O) groups is 3. The van der Waals surface area contributed by atoms with Gasteiger partial charge in [0.25, 0.3) is 11.8 Å². The molecule has 0 atom stereocenters. The van der Waals surface area contributed by atoms with E-state index in [-0.39, 0.29) is 31.3 Å². The smallest absolute Gasteiger partial charge is 0.305 e. The van der Waals surface area contributed by atoms with Crippen LogP contribution in [-0.4, -0.2) is 54.6 Å². The SMILES string of the molecule is CCOc1ccc(CCN(CCC(=O)O)C(=O)c2ccccc2-c2ccccc2C(=O)NCc2ccc(Cl)cc2)cc1OC. The Bertz CT molecular complexity index is 1610. The van der Waals surface area contributed by atoms with Gasteiger partial charge in [0.2, 0.25) is 0 Å². The highest BCUT2D eigenvalue weighted by atomic mass is 35.5. The Morgan fingerprint density at radius 3 is 2.11 bits per heavy atom. The second-order valence-electron chi connectivity index (χ2n) is 10.0. The van der Waals surface area contributed by atoms with Crippen LogP contribution in [0, 0.1) is 0 Å². The first-order chi connectivity index (χ1) is 21.3. The molecule has 0 unspecified atom stereocenters. The molecule has 44 heavy (non-hydrogen) atoms. The number of carboxylic acid groups (broad SMARTS) is 1. The Balaban J connectivity index is 1.59. The van der Waals surface area contributed by atoms with Gasteiger partial charge in [0.1, 0.15) is 0 Å². The van der Waals surface area contributed by atoms with Crippen molar-refractivity contribution in [2.24, 2.45) is 0 Å². The second-order valence-corrected chi connectivity index (χ2v) is 10.4. The standard InChI is InChI=1S/C35H35ClN2O6/c1-3-44-31-17-14-24(22-32(31)43-2)18-20-38(21-19-33(39)40)35(42)30-11-7-5-9-28(30)27-8-4-6-10-29(27)34(41)37-23-25-12-15-26(36)16-13-25/h4-17,22H,3,18-21,23H2,1-2H3,(H,37,41)(H,39,40). The lowest BCUT2D eigenvalue weighted by atomic mass is 9.94. The molecule has 0 radical (unpaired) electrons. The van der Waals surface area contributed by atoms with Gasteiger partial charge in [-0.05, 0) is 72.0 Å². The largest absolute Gasteiger partial charge is 0.493 e. The Kier molecular flexibility index (Phi) is 11.4. The van der Waals surface area contributed by atoms with E-state index in [0.717, 1.165) is 11.1 Å². The molecule has 0 aliphatic rings. The number of ether oxygens (including phenoxy) is 2. The van der Waals surface area contributed by atoms with Crippen molar-refractivity contribution in [3.05, 3.63) is 118 Å². The van der Waals surface area contributed by atoms with Crippen molar-refractivity contribution >= 4 is 29.4 Å². The highest BCUT2D eigenvalue weighted by Gasteiger charge is 2.23. The van der Waals surface area contributed by atoms with Crippen molar-refractivity contribution < 1.29 is 29.0 Å². The summed E-state index contributed by atoms with van der Waals surface area (Å²) in [4.78, 5) is 40.4. The topological polar surface area (TPSA) is 105 Å². The minimum Gasteiger partial charge on any atom is -0.493 e. The van der Waals surface area contributed by atoms with Gasteiger partial charge in [-0.15, -0.1) is 0 Å². The van der Waals surface area contributed by atoms with Crippen molar-refractivity contribution in [2.45, 2.75) is 26.3 Å². The Labute approximate surface area is 262 Å².